The van der Waals surface area contributed by atoms with Crippen molar-refractivity contribution in [1.29, 1.82) is 0 Å². The summed E-state index contributed by atoms with van der Waals surface area (Å²) in [6.07, 6.45) is 0. The van der Waals surface area contributed by atoms with Crippen LogP contribution < -0.4 is 4.89 Å². The third-order valence-electron chi connectivity index (χ3n) is 3.09. The van der Waals surface area contributed by atoms with E-state index < -0.39 is 24.8 Å². The van der Waals surface area contributed by atoms with Crippen molar-refractivity contribution < 1.29 is 14.3 Å². The fourth-order valence-corrected chi connectivity index (χ4v) is 3.33. The number of hydrogen-bond donors (Lipinski definition) is 0. The minimum Gasteiger partial charge on any atom is -0.595 e. The summed E-state index contributed by atoms with van der Waals surface area (Å²) in [4.78, 5) is 23.0. The monoisotopic (exact) mass is 306 g/mol. The quantitative estimate of drug-likeness (QED) is 0.630. The van der Waals surface area contributed by atoms with Crippen molar-refractivity contribution in [3.63, 3.8) is 0 Å². The molecule has 0 saturated carbocycles. The lowest BCUT2D eigenvalue weighted by atomic mass is 9.88. The van der Waals surface area contributed by atoms with Gasteiger partial charge in [-0.2, -0.15) is 0 Å². The molecular formula is C15H12ClO3P. The van der Waals surface area contributed by atoms with Gasteiger partial charge < -0.3 is 4.89 Å². The van der Waals surface area contributed by atoms with Crippen molar-refractivity contribution in [3.8, 4) is 0 Å². The summed E-state index contributed by atoms with van der Waals surface area (Å²) >= 11 is 5.51. The van der Waals surface area contributed by atoms with Crippen LogP contribution in [-0.4, -0.2) is 10.9 Å². The Morgan fingerprint density at radius 3 is 1.65 bits per heavy atom. The van der Waals surface area contributed by atoms with Crippen LogP contribution in [0.2, 0.25) is 0 Å². The van der Waals surface area contributed by atoms with Crippen LogP contribution in [0.3, 0.4) is 0 Å². The van der Waals surface area contributed by atoms with Gasteiger partial charge in [0.25, 0.3) is 5.24 Å². The molecule has 102 valence electrons. The molecule has 0 amide bonds. The lowest BCUT2D eigenvalue weighted by Crippen LogP contribution is -2.25. The number of halogens is 1. The third kappa shape index (κ3) is 3.31. The van der Waals surface area contributed by atoms with Gasteiger partial charge in [-0.15, -0.1) is 0 Å². The maximum Gasteiger partial charge on any atom is 0.322 e. The van der Waals surface area contributed by atoms with Crippen molar-refractivity contribution in [3.05, 3.63) is 71.8 Å². The van der Waals surface area contributed by atoms with Crippen LogP contribution in [0.1, 0.15) is 17.0 Å². The molecule has 0 bridgehead atoms. The first-order valence-corrected chi connectivity index (χ1v) is 7.66. The molecule has 0 radical (unpaired) electrons. The van der Waals surface area contributed by atoms with Gasteiger partial charge in [-0.3, -0.25) is 4.79 Å². The van der Waals surface area contributed by atoms with Gasteiger partial charge in [0.15, 0.2) is 0 Å². The molecule has 0 fully saturated rings. The largest absolute Gasteiger partial charge is 0.595 e. The summed E-state index contributed by atoms with van der Waals surface area (Å²) in [5.74, 6) is -0.594. The fraction of sp³-hybridized carbons (Fsp3) is 0.133. The van der Waals surface area contributed by atoms with E-state index in [0.717, 1.165) is 11.1 Å². The number of hydrogen-bond acceptors (Lipinski definition) is 3. The zero-order chi connectivity index (χ0) is 14.5. The van der Waals surface area contributed by atoms with E-state index in [-0.39, 0.29) is 0 Å². The number of benzene rings is 2. The maximum atomic E-state index is 11.6. The van der Waals surface area contributed by atoms with Crippen LogP contribution in [0.15, 0.2) is 60.7 Å². The van der Waals surface area contributed by atoms with Crippen LogP contribution in [0.5, 0.6) is 0 Å². The number of carbonyl (C=O) groups is 1. The Bertz CT molecular complexity index is 548. The molecule has 0 aliphatic rings. The van der Waals surface area contributed by atoms with Gasteiger partial charge in [-0.1, -0.05) is 65.2 Å². The molecule has 3 nitrogen and oxygen atoms in total. The number of carbonyl (C=O) groups excluding carboxylic acids is 1. The second kappa shape index (κ2) is 6.76. The first-order chi connectivity index (χ1) is 9.61. The molecule has 2 aromatic carbocycles. The molecule has 0 heterocycles. The van der Waals surface area contributed by atoms with Gasteiger partial charge >= 0.3 is 8.03 Å². The highest BCUT2D eigenvalue weighted by Gasteiger charge is 2.39. The summed E-state index contributed by atoms with van der Waals surface area (Å²) in [5.41, 5.74) is 0.227. The second-order valence-electron chi connectivity index (χ2n) is 4.33. The van der Waals surface area contributed by atoms with Gasteiger partial charge in [-0.25, -0.2) is 0 Å². The molecule has 0 saturated heterocycles. The first kappa shape index (κ1) is 14.9. The molecule has 0 spiro atoms. The summed E-state index contributed by atoms with van der Waals surface area (Å²) in [5, 5.41) is -0.862. The standard InChI is InChI=1S/C15H12ClO3P/c16-15(17)14(20(18)19)13(11-7-3-1-4-8-11)12-9-5-2-6-10-12/h1-10,13-14H. The predicted octanol–water partition coefficient (Wildman–Crippen LogP) is 3.06. The summed E-state index contributed by atoms with van der Waals surface area (Å²) in [6.45, 7) is 0. The third-order valence-corrected chi connectivity index (χ3v) is 4.47. The van der Waals surface area contributed by atoms with Crippen LogP contribution >= 0.6 is 19.6 Å². The van der Waals surface area contributed by atoms with E-state index in [0.29, 0.717) is 0 Å². The highest BCUT2D eigenvalue weighted by Crippen LogP contribution is 2.39. The average Bonchev–Trinajstić information content (AvgIpc) is 2.45. The number of rotatable bonds is 5. The van der Waals surface area contributed by atoms with Crippen molar-refractivity contribution in [1.82, 2.24) is 0 Å². The molecule has 5 heteroatoms. The van der Waals surface area contributed by atoms with Gasteiger partial charge in [0, 0.05) is 0 Å². The minimum absolute atomic E-state index is 0.594. The Kier molecular flexibility index (Phi) is 5.02. The molecule has 0 aliphatic carbocycles. The van der Waals surface area contributed by atoms with Crippen LogP contribution in [-0.2, 0) is 9.36 Å². The Balaban J connectivity index is 2.55. The van der Waals surface area contributed by atoms with E-state index >= 15 is 0 Å². The molecule has 0 N–H and O–H groups in total. The van der Waals surface area contributed by atoms with Gasteiger partial charge in [0.05, 0.1) is 5.92 Å². The Labute approximate surface area is 123 Å². The summed E-state index contributed by atoms with van der Waals surface area (Å²) < 4.78 is 11.5. The highest BCUT2D eigenvalue weighted by atomic mass is 35.5. The summed E-state index contributed by atoms with van der Waals surface area (Å²) in [6, 6.07) is 18.1. The zero-order valence-electron chi connectivity index (χ0n) is 10.5. The first-order valence-electron chi connectivity index (χ1n) is 6.04. The highest BCUT2D eigenvalue weighted by molar-refractivity contribution is 7.39. The molecule has 2 atom stereocenters. The SMILES string of the molecule is O=C(Cl)C(C(c1ccccc1)c1ccccc1)[P+](=O)[O-]. The van der Waals surface area contributed by atoms with Gasteiger partial charge in [0.2, 0.25) is 5.66 Å². The molecular weight excluding hydrogens is 295 g/mol. The Hall–Kier alpha value is -1.54. The van der Waals surface area contributed by atoms with Crippen molar-refractivity contribution >= 4 is 24.9 Å². The molecule has 20 heavy (non-hydrogen) atoms. The predicted molar refractivity (Wildman–Crippen MR) is 77.0 cm³/mol. The summed E-state index contributed by atoms with van der Waals surface area (Å²) in [7, 11) is -2.97. The van der Waals surface area contributed by atoms with E-state index in [9.17, 15) is 14.3 Å². The van der Waals surface area contributed by atoms with E-state index in [4.69, 9.17) is 11.6 Å². The van der Waals surface area contributed by atoms with E-state index in [2.05, 4.69) is 0 Å². The average molecular weight is 307 g/mol. The molecule has 2 unspecified atom stereocenters. The second-order valence-corrected chi connectivity index (χ2v) is 5.83. The molecule has 2 rings (SSSR count). The van der Waals surface area contributed by atoms with Crippen LogP contribution in [0, 0.1) is 0 Å². The fourth-order valence-electron chi connectivity index (χ4n) is 2.21. The van der Waals surface area contributed by atoms with Gasteiger partial charge in [-0.05, 0) is 22.7 Å². The van der Waals surface area contributed by atoms with Crippen LogP contribution in [0.25, 0.3) is 0 Å². The van der Waals surface area contributed by atoms with Crippen molar-refractivity contribution in [2.45, 2.75) is 11.6 Å². The van der Waals surface area contributed by atoms with Crippen molar-refractivity contribution in [2.75, 3.05) is 0 Å². The maximum absolute atomic E-state index is 11.6. The van der Waals surface area contributed by atoms with Crippen molar-refractivity contribution in [2.24, 2.45) is 0 Å². The normalized spacial score (nSPS) is 13.1. The zero-order valence-corrected chi connectivity index (χ0v) is 12.1. The lowest BCUT2D eigenvalue weighted by Gasteiger charge is -2.19. The smallest absolute Gasteiger partial charge is 0.322 e. The molecule has 0 aromatic heterocycles. The minimum atomic E-state index is -2.97. The van der Waals surface area contributed by atoms with E-state index in [1.165, 1.54) is 0 Å². The topological polar surface area (TPSA) is 57.2 Å². The van der Waals surface area contributed by atoms with E-state index in [1.54, 1.807) is 48.5 Å². The van der Waals surface area contributed by atoms with E-state index in [1.807, 2.05) is 12.1 Å². The lowest BCUT2D eigenvalue weighted by molar-refractivity contribution is -0.166. The van der Waals surface area contributed by atoms with Gasteiger partial charge in [0.1, 0.15) is 0 Å². The molecule has 2 aromatic rings. The Morgan fingerprint density at radius 2 is 1.35 bits per heavy atom. The Morgan fingerprint density at radius 1 is 0.950 bits per heavy atom. The molecule has 0 aliphatic heterocycles. The van der Waals surface area contributed by atoms with Crippen LogP contribution in [0.4, 0.5) is 0 Å².